The van der Waals surface area contributed by atoms with Crippen molar-refractivity contribution in [2.45, 2.75) is 115 Å². The number of aromatic nitrogens is 3. The molecule has 1 aliphatic heterocycles. The van der Waals surface area contributed by atoms with Crippen LogP contribution in [0.5, 0.6) is 0 Å². The summed E-state index contributed by atoms with van der Waals surface area (Å²) in [6, 6.07) is 12.4. The number of amides is 1. The fourth-order valence-electron chi connectivity index (χ4n) is 6.88. The van der Waals surface area contributed by atoms with Gasteiger partial charge < -0.3 is 15.0 Å². The minimum absolute atomic E-state index is 0.0923. The third kappa shape index (κ3) is 6.13. The average molecular weight is 546 g/mol. The molecular weight excluding hydrogens is 502 g/mol. The van der Waals surface area contributed by atoms with Gasteiger partial charge >= 0.3 is 0 Å². The average Bonchev–Trinajstić information content (AvgIpc) is 3.27. The molecule has 5 rings (SSSR count). The van der Waals surface area contributed by atoms with Crippen LogP contribution in [-0.4, -0.2) is 48.6 Å². The molecule has 2 unspecified atom stereocenters. The predicted molar refractivity (Wildman–Crippen MR) is 159 cm³/mol. The number of para-hydroxylation sites is 2. The molecule has 2 aromatic heterocycles. The lowest BCUT2D eigenvalue weighted by molar-refractivity contribution is 0.101. The molecule has 1 saturated carbocycles. The van der Waals surface area contributed by atoms with Crippen molar-refractivity contribution >= 4 is 22.6 Å². The van der Waals surface area contributed by atoms with Crippen molar-refractivity contribution in [3.05, 3.63) is 64.3 Å². The van der Waals surface area contributed by atoms with E-state index >= 15 is 0 Å². The Balaban J connectivity index is 1.42. The maximum atomic E-state index is 13.9. The van der Waals surface area contributed by atoms with Crippen LogP contribution >= 0.6 is 0 Å². The van der Waals surface area contributed by atoms with E-state index in [0.29, 0.717) is 35.0 Å². The molecule has 2 aliphatic rings. The van der Waals surface area contributed by atoms with Gasteiger partial charge in [-0.25, -0.2) is 4.98 Å². The van der Waals surface area contributed by atoms with Gasteiger partial charge in [0.15, 0.2) is 5.69 Å². The molecule has 1 aliphatic carbocycles. The van der Waals surface area contributed by atoms with Gasteiger partial charge in [0.05, 0.1) is 34.7 Å². The Morgan fingerprint density at radius 3 is 2.45 bits per heavy atom. The Bertz CT molecular complexity index is 1360. The lowest BCUT2D eigenvalue weighted by atomic mass is 9.94. The number of hydrogen-bond donors (Lipinski definition) is 2. The summed E-state index contributed by atoms with van der Waals surface area (Å²) >= 11 is 0. The molecule has 2 N–H and O–H groups in total. The van der Waals surface area contributed by atoms with E-state index in [1.54, 1.807) is 23.6 Å². The SMILES string of the molecule is CC(O)c1ccc(NC(=O)c2nc3ccccc3n([C@H](C)C[C@@H]3CCC(C)N3C3CCCCCCC3)c2=O)cn1. The Hall–Kier alpha value is -3.10. The van der Waals surface area contributed by atoms with Crippen molar-refractivity contribution in [1.82, 2.24) is 19.4 Å². The third-order valence-electron chi connectivity index (χ3n) is 8.88. The van der Waals surface area contributed by atoms with Gasteiger partial charge in [0, 0.05) is 24.2 Å². The van der Waals surface area contributed by atoms with Crippen molar-refractivity contribution in [2.75, 3.05) is 5.32 Å². The second kappa shape index (κ2) is 12.6. The van der Waals surface area contributed by atoms with Crippen LogP contribution in [0.15, 0.2) is 47.4 Å². The maximum Gasteiger partial charge on any atom is 0.282 e. The van der Waals surface area contributed by atoms with Crippen LogP contribution in [-0.2, 0) is 0 Å². The number of anilines is 1. The molecule has 3 aromatic rings. The van der Waals surface area contributed by atoms with E-state index in [0.717, 1.165) is 18.4 Å². The normalized spacial score (nSPS) is 22.5. The summed E-state index contributed by atoms with van der Waals surface area (Å²) in [5.41, 5.74) is 1.83. The molecule has 4 atom stereocenters. The number of pyridine rings is 1. The number of nitrogens with one attached hydrogen (secondary N) is 1. The van der Waals surface area contributed by atoms with Gasteiger partial charge in [-0.05, 0) is 77.1 Å². The van der Waals surface area contributed by atoms with Crippen molar-refractivity contribution in [3.63, 3.8) is 0 Å². The number of rotatable bonds is 7. The quantitative estimate of drug-likeness (QED) is 0.377. The molecule has 0 spiro atoms. The summed E-state index contributed by atoms with van der Waals surface area (Å²) < 4.78 is 1.78. The van der Waals surface area contributed by atoms with Gasteiger partial charge in [-0.1, -0.05) is 44.2 Å². The van der Waals surface area contributed by atoms with E-state index < -0.39 is 12.0 Å². The molecule has 8 nitrogen and oxygen atoms in total. The minimum atomic E-state index is -0.702. The van der Waals surface area contributed by atoms with Crippen molar-refractivity contribution in [3.8, 4) is 0 Å². The van der Waals surface area contributed by atoms with Crippen molar-refractivity contribution < 1.29 is 9.90 Å². The smallest absolute Gasteiger partial charge is 0.282 e. The van der Waals surface area contributed by atoms with Crippen molar-refractivity contribution in [1.29, 1.82) is 0 Å². The molecule has 3 heterocycles. The number of hydrogen-bond acceptors (Lipinski definition) is 6. The highest BCUT2D eigenvalue weighted by atomic mass is 16.3. The van der Waals surface area contributed by atoms with Gasteiger partial charge in [0.25, 0.3) is 11.5 Å². The van der Waals surface area contributed by atoms with E-state index in [4.69, 9.17) is 0 Å². The number of fused-ring (bicyclic) bond motifs is 1. The number of likely N-dealkylation sites (tertiary alicyclic amines) is 1. The van der Waals surface area contributed by atoms with Gasteiger partial charge in [0.1, 0.15) is 0 Å². The lowest BCUT2D eigenvalue weighted by Crippen LogP contribution is -2.44. The number of carbonyl (C=O) groups is 1. The molecule has 1 amide bonds. The largest absolute Gasteiger partial charge is 0.387 e. The highest BCUT2D eigenvalue weighted by molar-refractivity contribution is 6.03. The molecule has 0 radical (unpaired) electrons. The fraction of sp³-hybridized carbons (Fsp3) is 0.562. The van der Waals surface area contributed by atoms with Crippen LogP contribution in [0.3, 0.4) is 0 Å². The number of nitrogens with zero attached hydrogens (tertiary/aromatic N) is 4. The van der Waals surface area contributed by atoms with Crippen LogP contribution in [0, 0.1) is 0 Å². The summed E-state index contributed by atoms with van der Waals surface area (Å²) in [7, 11) is 0. The first kappa shape index (κ1) is 28.4. The van der Waals surface area contributed by atoms with E-state index in [-0.39, 0.29) is 17.3 Å². The third-order valence-corrected chi connectivity index (χ3v) is 8.88. The van der Waals surface area contributed by atoms with E-state index in [9.17, 15) is 14.7 Å². The van der Waals surface area contributed by atoms with Gasteiger partial charge in [-0.3, -0.25) is 19.5 Å². The first-order valence-corrected chi connectivity index (χ1v) is 15.1. The molecule has 214 valence electrons. The first-order chi connectivity index (χ1) is 19.3. The van der Waals surface area contributed by atoms with Crippen molar-refractivity contribution in [2.24, 2.45) is 0 Å². The molecule has 1 aromatic carbocycles. The maximum absolute atomic E-state index is 13.9. The second-order valence-corrected chi connectivity index (χ2v) is 11.8. The molecule has 2 fully saturated rings. The number of carbonyl (C=O) groups excluding carboxylic acids is 1. The van der Waals surface area contributed by atoms with E-state index in [1.165, 1.54) is 57.6 Å². The molecule has 0 bridgehead atoms. The monoisotopic (exact) mass is 545 g/mol. The topological polar surface area (TPSA) is 100 Å². The summed E-state index contributed by atoms with van der Waals surface area (Å²) in [6.07, 6.45) is 13.2. The Morgan fingerprint density at radius 2 is 1.75 bits per heavy atom. The second-order valence-electron chi connectivity index (χ2n) is 11.8. The van der Waals surface area contributed by atoms with Crippen LogP contribution in [0.4, 0.5) is 5.69 Å². The summed E-state index contributed by atoms with van der Waals surface area (Å²) in [6.45, 7) is 6.10. The number of aliphatic hydroxyl groups is 1. The Kier molecular flexibility index (Phi) is 8.96. The fourth-order valence-corrected chi connectivity index (χ4v) is 6.88. The van der Waals surface area contributed by atoms with Gasteiger partial charge in [-0.15, -0.1) is 0 Å². The molecule has 1 saturated heterocycles. The van der Waals surface area contributed by atoms with Crippen LogP contribution in [0.1, 0.15) is 113 Å². The van der Waals surface area contributed by atoms with Crippen LogP contribution < -0.4 is 10.9 Å². The van der Waals surface area contributed by atoms with Gasteiger partial charge in [-0.2, -0.15) is 0 Å². The predicted octanol–water partition coefficient (Wildman–Crippen LogP) is 6.01. The lowest BCUT2D eigenvalue weighted by Gasteiger charge is -2.38. The molecule has 8 heteroatoms. The highest BCUT2D eigenvalue weighted by Crippen LogP contribution is 2.35. The van der Waals surface area contributed by atoms with Gasteiger partial charge in [0.2, 0.25) is 0 Å². The Labute approximate surface area is 236 Å². The Morgan fingerprint density at radius 1 is 1.02 bits per heavy atom. The van der Waals surface area contributed by atoms with Crippen LogP contribution in [0.25, 0.3) is 11.0 Å². The highest BCUT2D eigenvalue weighted by Gasteiger charge is 2.36. The summed E-state index contributed by atoms with van der Waals surface area (Å²) in [5, 5.41) is 12.5. The van der Waals surface area contributed by atoms with E-state index in [2.05, 4.69) is 34.0 Å². The first-order valence-electron chi connectivity index (χ1n) is 15.1. The zero-order valence-corrected chi connectivity index (χ0v) is 24.1. The number of aliphatic hydroxyl groups excluding tert-OH is 1. The zero-order chi connectivity index (χ0) is 28.2. The minimum Gasteiger partial charge on any atom is -0.387 e. The summed E-state index contributed by atoms with van der Waals surface area (Å²) in [5.74, 6) is -0.561. The molecule has 40 heavy (non-hydrogen) atoms. The molecular formula is C32H43N5O3. The zero-order valence-electron chi connectivity index (χ0n) is 24.1. The standard InChI is InChI=1S/C32H43N5O3/c1-21-15-17-26(36(21)25-11-7-5-4-6-8-12-25)19-22(2)37-29-14-10-9-13-28(29)35-30(32(37)40)31(39)34-24-16-18-27(23(3)38)33-20-24/h9-10,13-14,16,18,20-23,25-26,38H,4-8,11-12,15,17,19H2,1-3H3,(H,34,39)/t21?,22-,23?,26+/m1/s1. The van der Waals surface area contributed by atoms with E-state index in [1.807, 2.05) is 24.3 Å². The van der Waals surface area contributed by atoms with Crippen LogP contribution in [0.2, 0.25) is 0 Å². The summed E-state index contributed by atoms with van der Waals surface area (Å²) in [4.78, 5) is 38.6. The number of benzene rings is 1.